The number of rotatable bonds is 7. The average Bonchev–Trinajstić information content (AvgIpc) is 2.70. The summed E-state index contributed by atoms with van der Waals surface area (Å²) in [5.74, 6) is 1.11. The van der Waals surface area contributed by atoms with Gasteiger partial charge in [-0.3, -0.25) is 4.79 Å². The van der Waals surface area contributed by atoms with Crippen molar-refractivity contribution in [3.05, 3.63) is 70.8 Å². The lowest BCUT2D eigenvalue weighted by Crippen LogP contribution is -2.39. The Kier molecular flexibility index (Phi) is 10.6. The quantitative estimate of drug-likeness (QED) is 0.312. The molecule has 0 saturated carbocycles. The van der Waals surface area contributed by atoms with Gasteiger partial charge in [0.1, 0.15) is 0 Å². The van der Waals surface area contributed by atoms with Crippen LogP contribution in [0.5, 0.6) is 0 Å². The Morgan fingerprint density at radius 1 is 1.04 bits per heavy atom. The van der Waals surface area contributed by atoms with Crippen LogP contribution in [-0.4, -0.2) is 32.0 Å². The molecule has 0 aliphatic rings. The third kappa shape index (κ3) is 7.50. The second-order valence-corrected chi connectivity index (χ2v) is 6.66. The Morgan fingerprint density at radius 3 is 2.25 bits per heavy atom. The SMILES string of the molecule is CCNC(=NCc1ccc(C(=O)NC)cc1)NCC(C)c1ccc(C)cc1.I. The number of guanidine groups is 1. The van der Waals surface area contributed by atoms with Crippen LogP contribution in [0.1, 0.15) is 46.8 Å². The molecule has 2 aromatic rings. The molecule has 2 aromatic carbocycles. The number of carbonyl (C=O) groups excluding carboxylic acids is 1. The molecule has 0 spiro atoms. The third-order valence-corrected chi connectivity index (χ3v) is 4.43. The Labute approximate surface area is 185 Å². The number of hydrogen-bond donors (Lipinski definition) is 3. The van der Waals surface area contributed by atoms with Crippen LogP contribution in [0.4, 0.5) is 0 Å². The molecule has 1 unspecified atom stereocenters. The van der Waals surface area contributed by atoms with Gasteiger partial charge in [0.2, 0.25) is 0 Å². The Bertz CT molecular complexity index is 757. The second kappa shape index (κ2) is 12.4. The van der Waals surface area contributed by atoms with Crippen LogP contribution in [0.15, 0.2) is 53.5 Å². The smallest absolute Gasteiger partial charge is 0.251 e. The van der Waals surface area contributed by atoms with Gasteiger partial charge in [0.15, 0.2) is 5.96 Å². The summed E-state index contributed by atoms with van der Waals surface area (Å²) >= 11 is 0. The number of benzene rings is 2. The lowest BCUT2D eigenvalue weighted by atomic mass is 10.0. The van der Waals surface area contributed by atoms with Gasteiger partial charge in [-0.25, -0.2) is 4.99 Å². The number of carbonyl (C=O) groups is 1. The maximum atomic E-state index is 11.6. The lowest BCUT2D eigenvalue weighted by Gasteiger charge is -2.16. The first-order valence-corrected chi connectivity index (χ1v) is 9.43. The highest BCUT2D eigenvalue weighted by atomic mass is 127. The van der Waals surface area contributed by atoms with Crippen LogP contribution in [0.3, 0.4) is 0 Å². The fraction of sp³-hybridized carbons (Fsp3) is 0.364. The van der Waals surface area contributed by atoms with Crippen LogP contribution in [0.25, 0.3) is 0 Å². The summed E-state index contributed by atoms with van der Waals surface area (Å²) in [6.45, 7) is 8.54. The van der Waals surface area contributed by atoms with E-state index >= 15 is 0 Å². The lowest BCUT2D eigenvalue weighted by molar-refractivity contribution is 0.0963. The first-order valence-electron chi connectivity index (χ1n) is 9.43. The first-order chi connectivity index (χ1) is 13.0. The van der Waals surface area contributed by atoms with Crippen molar-refractivity contribution in [2.75, 3.05) is 20.1 Å². The normalized spacial score (nSPS) is 11.9. The highest BCUT2D eigenvalue weighted by Crippen LogP contribution is 2.14. The average molecular weight is 494 g/mol. The molecule has 0 aromatic heterocycles. The van der Waals surface area contributed by atoms with E-state index in [9.17, 15) is 4.79 Å². The standard InChI is InChI=1S/C22H30N4O.HI/c1-5-24-22(25-14-17(3)19-10-6-16(2)7-11-19)26-15-18-8-12-20(13-9-18)21(27)23-4;/h6-13,17H,5,14-15H2,1-4H3,(H,23,27)(H2,24,25,26);1H. The summed E-state index contributed by atoms with van der Waals surface area (Å²) < 4.78 is 0. The minimum absolute atomic E-state index is 0. The summed E-state index contributed by atoms with van der Waals surface area (Å²) in [5, 5.41) is 9.32. The zero-order chi connectivity index (χ0) is 19.6. The van der Waals surface area contributed by atoms with Crippen molar-refractivity contribution in [3.8, 4) is 0 Å². The maximum Gasteiger partial charge on any atom is 0.251 e. The van der Waals surface area contributed by atoms with Crippen molar-refractivity contribution >= 4 is 35.8 Å². The highest BCUT2D eigenvalue weighted by molar-refractivity contribution is 14.0. The van der Waals surface area contributed by atoms with E-state index in [1.807, 2.05) is 24.3 Å². The fourth-order valence-corrected chi connectivity index (χ4v) is 2.68. The molecule has 6 heteroatoms. The second-order valence-electron chi connectivity index (χ2n) is 6.66. The van der Waals surface area contributed by atoms with Gasteiger partial charge in [-0.15, -0.1) is 24.0 Å². The van der Waals surface area contributed by atoms with E-state index in [2.05, 4.69) is 66.0 Å². The summed E-state index contributed by atoms with van der Waals surface area (Å²) in [7, 11) is 1.63. The molecule has 0 heterocycles. The van der Waals surface area contributed by atoms with Crippen LogP contribution >= 0.6 is 24.0 Å². The zero-order valence-corrected chi connectivity index (χ0v) is 19.4. The van der Waals surface area contributed by atoms with E-state index in [0.717, 1.165) is 24.6 Å². The molecular weight excluding hydrogens is 463 g/mol. The molecule has 5 nitrogen and oxygen atoms in total. The molecule has 0 radical (unpaired) electrons. The van der Waals surface area contributed by atoms with E-state index in [1.165, 1.54) is 11.1 Å². The van der Waals surface area contributed by atoms with Gasteiger partial charge in [0.05, 0.1) is 6.54 Å². The molecule has 1 atom stereocenters. The number of amides is 1. The Balaban J connectivity index is 0.00000392. The summed E-state index contributed by atoms with van der Waals surface area (Å²) in [4.78, 5) is 16.3. The van der Waals surface area contributed by atoms with Crippen LogP contribution < -0.4 is 16.0 Å². The maximum absolute atomic E-state index is 11.6. The van der Waals surface area contributed by atoms with Gasteiger partial charge in [-0.1, -0.05) is 48.9 Å². The first kappa shape index (κ1) is 23.9. The van der Waals surface area contributed by atoms with Crippen molar-refractivity contribution in [3.63, 3.8) is 0 Å². The van der Waals surface area contributed by atoms with Crippen molar-refractivity contribution < 1.29 is 4.79 Å². The number of nitrogens with one attached hydrogen (secondary N) is 3. The third-order valence-electron chi connectivity index (χ3n) is 4.43. The highest BCUT2D eigenvalue weighted by Gasteiger charge is 2.07. The summed E-state index contributed by atoms with van der Waals surface area (Å²) in [6.07, 6.45) is 0. The zero-order valence-electron chi connectivity index (χ0n) is 17.1. The van der Waals surface area contributed by atoms with Gasteiger partial charge in [-0.2, -0.15) is 0 Å². The molecule has 2 rings (SSSR count). The summed E-state index contributed by atoms with van der Waals surface area (Å²) in [6, 6.07) is 16.2. The predicted molar refractivity (Wildman–Crippen MR) is 128 cm³/mol. The minimum Gasteiger partial charge on any atom is -0.357 e. The topological polar surface area (TPSA) is 65.5 Å². The Hall–Kier alpha value is -2.09. The summed E-state index contributed by atoms with van der Waals surface area (Å²) in [5.41, 5.74) is 4.30. The van der Waals surface area contributed by atoms with Gasteiger partial charge < -0.3 is 16.0 Å². The van der Waals surface area contributed by atoms with Crippen molar-refractivity contribution in [1.82, 2.24) is 16.0 Å². The van der Waals surface area contributed by atoms with Crippen LogP contribution in [0, 0.1) is 6.92 Å². The van der Waals surface area contributed by atoms with E-state index in [4.69, 9.17) is 0 Å². The predicted octanol–water partition coefficient (Wildman–Crippen LogP) is 3.83. The van der Waals surface area contributed by atoms with E-state index in [0.29, 0.717) is 18.0 Å². The fourth-order valence-electron chi connectivity index (χ4n) is 2.68. The van der Waals surface area contributed by atoms with Crippen molar-refractivity contribution in [2.24, 2.45) is 4.99 Å². The number of nitrogens with zero attached hydrogens (tertiary/aromatic N) is 1. The molecule has 0 bridgehead atoms. The van der Waals surface area contributed by atoms with Gasteiger partial charge in [0.25, 0.3) is 5.91 Å². The van der Waals surface area contributed by atoms with Gasteiger partial charge >= 0.3 is 0 Å². The van der Waals surface area contributed by atoms with Crippen LogP contribution in [-0.2, 0) is 6.54 Å². The van der Waals surface area contributed by atoms with Crippen molar-refractivity contribution in [1.29, 1.82) is 0 Å². The molecule has 0 aliphatic heterocycles. The van der Waals surface area contributed by atoms with Gasteiger partial charge in [0, 0.05) is 25.7 Å². The number of halogens is 1. The molecule has 0 aliphatic carbocycles. The molecule has 0 fully saturated rings. The van der Waals surface area contributed by atoms with Gasteiger partial charge in [-0.05, 0) is 43.0 Å². The van der Waals surface area contributed by atoms with E-state index in [-0.39, 0.29) is 29.9 Å². The van der Waals surface area contributed by atoms with Crippen LogP contribution in [0.2, 0.25) is 0 Å². The Morgan fingerprint density at radius 2 is 1.68 bits per heavy atom. The molecule has 1 amide bonds. The van der Waals surface area contributed by atoms with E-state index in [1.54, 1.807) is 7.05 Å². The molecule has 28 heavy (non-hydrogen) atoms. The van der Waals surface area contributed by atoms with E-state index < -0.39 is 0 Å². The number of aliphatic imine (C=N–C) groups is 1. The number of aryl methyl sites for hydroxylation is 1. The molecule has 0 saturated heterocycles. The molecule has 3 N–H and O–H groups in total. The van der Waals surface area contributed by atoms with Crippen molar-refractivity contribution in [2.45, 2.75) is 33.2 Å². The molecular formula is C22H31IN4O. The largest absolute Gasteiger partial charge is 0.357 e. The number of hydrogen-bond acceptors (Lipinski definition) is 2. The monoisotopic (exact) mass is 494 g/mol. The molecule has 152 valence electrons. The minimum atomic E-state index is -0.0786.